The smallest absolute Gasteiger partial charge is 0.232 e. The van der Waals surface area contributed by atoms with Crippen molar-refractivity contribution in [2.75, 3.05) is 20.1 Å². The lowest BCUT2D eigenvalue weighted by Crippen LogP contribution is -2.48. The van der Waals surface area contributed by atoms with Gasteiger partial charge in [0, 0.05) is 12.6 Å². The summed E-state index contributed by atoms with van der Waals surface area (Å²) in [5.74, 6) is -0.0738. The molecular formula is C10H19N3OS. The Balaban J connectivity index is 2.52. The summed E-state index contributed by atoms with van der Waals surface area (Å²) in [6, 6.07) is 0.233. The normalized spacial score (nSPS) is 22.7. The first-order valence-electron chi connectivity index (χ1n) is 5.13. The second-order valence-electron chi connectivity index (χ2n) is 4.71. The van der Waals surface area contributed by atoms with Crippen molar-refractivity contribution in [2.45, 2.75) is 26.3 Å². The molecule has 1 heterocycles. The van der Waals surface area contributed by atoms with E-state index in [4.69, 9.17) is 18.0 Å². The van der Waals surface area contributed by atoms with Crippen LogP contribution < -0.4 is 11.1 Å². The Morgan fingerprint density at radius 3 is 2.60 bits per heavy atom. The van der Waals surface area contributed by atoms with Gasteiger partial charge in [-0.3, -0.25) is 4.79 Å². The van der Waals surface area contributed by atoms with Crippen LogP contribution in [0.4, 0.5) is 0 Å². The lowest BCUT2D eigenvalue weighted by molar-refractivity contribution is -0.126. The van der Waals surface area contributed by atoms with E-state index in [2.05, 4.69) is 10.2 Å². The zero-order chi connectivity index (χ0) is 11.6. The number of carbonyl (C=O) groups is 1. The minimum Gasteiger partial charge on any atom is -0.392 e. The Morgan fingerprint density at radius 2 is 2.20 bits per heavy atom. The number of nitrogens with two attached hydrogens (primary N) is 1. The van der Waals surface area contributed by atoms with Crippen molar-refractivity contribution in [1.82, 2.24) is 10.2 Å². The molecule has 15 heavy (non-hydrogen) atoms. The zero-order valence-electron chi connectivity index (χ0n) is 9.54. The number of nitrogens with zero attached hydrogens (tertiary/aromatic N) is 1. The Labute approximate surface area is 96.2 Å². The van der Waals surface area contributed by atoms with Gasteiger partial charge in [-0.2, -0.15) is 0 Å². The van der Waals surface area contributed by atoms with E-state index >= 15 is 0 Å². The monoisotopic (exact) mass is 229 g/mol. The summed E-state index contributed by atoms with van der Waals surface area (Å²) in [4.78, 5) is 14.3. The first kappa shape index (κ1) is 12.4. The van der Waals surface area contributed by atoms with Crippen LogP contribution in [-0.2, 0) is 4.79 Å². The molecule has 1 fully saturated rings. The molecule has 3 N–H and O–H groups in total. The number of hydrogen-bond donors (Lipinski definition) is 2. The maximum Gasteiger partial charge on any atom is 0.232 e. The average molecular weight is 229 g/mol. The number of hydrogen-bond acceptors (Lipinski definition) is 3. The van der Waals surface area contributed by atoms with Gasteiger partial charge in [0.05, 0.1) is 10.4 Å². The molecule has 0 spiro atoms. The molecule has 0 aliphatic carbocycles. The van der Waals surface area contributed by atoms with Crippen LogP contribution in [0, 0.1) is 5.41 Å². The molecule has 0 bridgehead atoms. The topological polar surface area (TPSA) is 58.4 Å². The zero-order valence-corrected chi connectivity index (χ0v) is 10.4. The first-order valence-corrected chi connectivity index (χ1v) is 5.54. The third-order valence-electron chi connectivity index (χ3n) is 2.91. The highest BCUT2D eigenvalue weighted by Crippen LogP contribution is 2.17. The molecule has 1 aliphatic heterocycles. The van der Waals surface area contributed by atoms with E-state index in [1.807, 2.05) is 7.05 Å². The number of rotatable bonds is 3. The quantitative estimate of drug-likeness (QED) is 0.675. The third-order valence-corrected chi connectivity index (χ3v) is 3.42. The summed E-state index contributed by atoms with van der Waals surface area (Å²) in [6.45, 7) is 5.43. The van der Waals surface area contributed by atoms with Crippen LogP contribution in [0.25, 0.3) is 0 Å². The second-order valence-corrected chi connectivity index (χ2v) is 5.15. The van der Waals surface area contributed by atoms with Gasteiger partial charge in [-0.1, -0.05) is 12.2 Å². The Kier molecular flexibility index (Phi) is 3.67. The van der Waals surface area contributed by atoms with Crippen LogP contribution in [0.5, 0.6) is 0 Å². The summed E-state index contributed by atoms with van der Waals surface area (Å²) < 4.78 is 0. The van der Waals surface area contributed by atoms with Crippen molar-refractivity contribution in [3.8, 4) is 0 Å². The van der Waals surface area contributed by atoms with Gasteiger partial charge in [0.2, 0.25) is 5.91 Å². The van der Waals surface area contributed by atoms with E-state index in [0.29, 0.717) is 0 Å². The van der Waals surface area contributed by atoms with E-state index in [1.54, 1.807) is 13.8 Å². The third kappa shape index (κ3) is 2.89. The maximum absolute atomic E-state index is 11.9. The molecule has 5 heteroatoms. The van der Waals surface area contributed by atoms with Gasteiger partial charge in [-0.15, -0.1) is 0 Å². The van der Waals surface area contributed by atoms with Gasteiger partial charge in [-0.25, -0.2) is 0 Å². The molecule has 86 valence electrons. The lowest BCUT2D eigenvalue weighted by atomic mass is 9.92. The molecule has 0 radical (unpaired) electrons. The summed E-state index contributed by atoms with van der Waals surface area (Å²) in [7, 11) is 2.05. The Bertz CT molecular complexity index is 278. The summed E-state index contributed by atoms with van der Waals surface area (Å²) in [6.07, 6.45) is 0.996. The van der Waals surface area contributed by atoms with Crippen molar-refractivity contribution < 1.29 is 4.79 Å². The van der Waals surface area contributed by atoms with Gasteiger partial charge in [0.1, 0.15) is 0 Å². The highest BCUT2D eigenvalue weighted by Gasteiger charge is 2.33. The van der Waals surface area contributed by atoms with Crippen molar-refractivity contribution in [2.24, 2.45) is 11.1 Å². The molecule has 1 unspecified atom stereocenters. The van der Waals surface area contributed by atoms with Gasteiger partial charge in [0.15, 0.2) is 0 Å². The number of likely N-dealkylation sites (N-methyl/N-ethyl adjacent to an activating group) is 1. The van der Waals surface area contributed by atoms with E-state index in [1.165, 1.54) is 0 Å². The van der Waals surface area contributed by atoms with Crippen molar-refractivity contribution in [3.05, 3.63) is 0 Å². The van der Waals surface area contributed by atoms with Gasteiger partial charge in [-0.05, 0) is 33.9 Å². The molecule has 0 aromatic heterocycles. The molecule has 0 aromatic rings. The number of amides is 1. The number of likely N-dealkylation sites (tertiary alicyclic amines) is 1. The standard InChI is InChI=1S/C10H19N3OS/c1-10(2,8(11)15)9(14)12-7-4-5-13(3)6-7/h7H,4-6H2,1-3H3,(H2,11,15)(H,12,14). The molecule has 1 saturated heterocycles. The molecular weight excluding hydrogens is 210 g/mol. The van der Waals surface area contributed by atoms with Crippen molar-refractivity contribution in [1.29, 1.82) is 0 Å². The van der Waals surface area contributed by atoms with Gasteiger partial charge < -0.3 is 16.0 Å². The molecule has 0 saturated carbocycles. The Morgan fingerprint density at radius 1 is 1.60 bits per heavy atom. The van der Waals surface area contributed by atoms with Gasteiger partial charge >= 0.3 is 0 Å². The predicted octanol–water partition coefficient (Wildman–Crippen LogP) is 0.119. The van der Waals surface area contributed by atoms with Crippen molar-refractivity contribution in [3.63, 3.8) is 0 Å². The average Bonchev–Trinajstić information content (AvgIpc) is 2.50. The number of thiocarbonyl (C=S) groups is 1. The molecule has 1 aliphatic rings. The maximum atomic E-state index is 11.9. The Hall–Kier alpha value is -0.680. The van der Waals surface area contributed by atoms with E-state index in [9.17, 15) is 4.79 Å². The van der Waals surface area contributed by atoms with Gasteiger partial charge in [0.25, 0.3) is 0 Å². The molecule has 1 rings (SSSR count). The minimum atomic E-state index is -0.753. The summed E-state index contributed by atoms with van der Waals surface area (Å²) in [5.41, 5.74) is 4.78. The molecule has 4 nitrogen and oxygen atoms in total. The van der Waals surface area contributed by atoms with Crippen LogP contribution in [-0.4, -0.2) is 42.0 Å². The largest absolute Gasteiger partial charge is 0.392 e. The number of nitrogens with one attached hydrogen (secondary N) is 1. The summed E-state index contributed by atoms with van der Waals surface area (Å²) >= 11 is 4.88. The van der Waals surface area contributed by atoms with Crippen molar-refractivity contribution >= 4 is 23.1 Å². The van der Waals surface area contributed by atoms with E-state index in [-0.39, 0.29) is 16.9 Å². The van der Waals surface area contributed by atoms with Crippen LogP contribution in [0.2, 0.25) is 0 Å². The fraction of sp³-hybridized carbons (Fsp3) is 0.800. The van der Waals surface area contributed by atoms with E-state index in [0.717, 1.165) is 19.5 Å². The minimum absolute atomic E-state index is 0.0738. The highest BCUT2D eigenvalue weighted by atomic mass is 32.1. The van der Waals surface area contributed by atoms with Crippen LogP contribution in [0.15, 0.2) is 0 Å². The van der Waals surface area contributed by atoms with E-state index < -0.39 is 5.41 Å². The van der Waals surface area contributed by atoms with Crippen LogP contribution in [0.3, 0.4) is 0 Å². The van der Waals surface area contributed by atoms with Crippen LogP contribution >= 0.6 is 12.2 Å². The van der Waals surface area contributed by atoms with Crippen LogP contribution in [0.1, 0.15) is 20.3 Å². The highest BCUT2D eigenvalue weighted by molar-refractivity contribution is 7.80. The fourth-order valence-electron chi connectivity index (χ4n) is 1.53. The SMILES string of the molecule is CN1CCC(NC(=O)C(C)(C)C(N)=S)C1. The first-order chi connectivity index (χ1) is 6.84. The lowest BCUT2D eigenvalue weighted by Gasteiger charge is -2.24. The predicted molar refractivity (Wildman–Crippen MR) is 64.6 cm³/mol. The fourth-order valence-corrected chi connectivity index (χ4v) is 1.62. The molecule has 0 aromatic carbocycles. The molecule has 1 atom stereocenters. The molecule has 1 amide bonds. The summed E-state index contributed by atoms with van der Waals surface area (Å²) in [5, 5.41) is 2.98. The second kappa shape index (κ2) is 4.45. The number of carbonyl (C=O) groups excluding carboxylic acids is 1.